The summed E-state index contributed by atoms with van der Waals surface area (Å²) < 4.78 is 1.54. The molecule has 2 N–H and O–H groups in total. The fraction of sp³-hybridized carbons (Fsp3) is 0.500. The Morgan fingerprint density at radius 1 is 1.88 bits per heavy atom. The monoisotopic (exact) mass is 150 g/mol. The minimum absolute atomic E-state index is 0.382. The highest BCUT2D eigenvalue weighted by Gasteiger charge is 2.12. The number of nitrogens with two attached hydrogens (primary N) is 1. The van der Waals surface area contributed by atoms with Crippen molar-refractivity contribution < 1.29 is 0 Å². The summed E-state index contributed by atoms with van der Waals surface area (Å²) in [5.41, 5.74) is 5.34. The van der Waals surface area contributed by atoms with Crippen LogP contribution in [0.15, 0.2) is 12.3 Å². The summed E-state index contributed by atoms with van der Waals surface area (Å²) in [7, 11) is 0. The summed E-state index contributed by atoms with van der Waals surface area (Å²) >= 11 is 7.07. The Morgan fingerprint density at radius 2 is 2.62 bits per heavy atom. The smallest absolute Gasteiger partial charge is 0.0580 e. The van der Waals surface area contributed by atoms with E-state index in [0.29, 0.717) is 11.8 Å². The van der Waals surface area contributed by atoms with Gasteiger partial charge in [-0.2, -0.15) is 0 Å². The molecule has 1 aliphatic rings. The molecule has 1 atom stereocenters. The number of rotatable bonds is 1. The lowest BCUT2D eigenvalue weighted by Crippen LogP contribution is -2.12. The van der Waals surface area contributed by atoms with E-state index in [4.69, 9.17) is 17.5 Å². The first-order valence-corrected chi connectivity index (χ1v) is 3.50. The summed E-state index contributed by atoms with van der Waals surface area (Å²) in [6.07, 6.45) is 3.79. The molecule has 1 unspecified atom stereocenters. The van der Waals surface area contributed by atoms with Gasteiger partial charge < -0.3 is 5.73 Å². The Kier molecular flexibility index (Phi) is 2.05. The van der Waals surface area contributed by atoms with Crippen molar-refractivity contribution in [2.75, 3.05) is 6.54 Å². The van der Waals surface area contributed by atoms with Crippen LogP contribution in [0.3, 0.4) is 0 Å². The first-order valence-electron chi connectivity index (χ1n) is 2.33. The molecule has 0 aromatic carbocycles. The van der Waals surface area contributed by atoms with Crippen molar-refractivity contribution >= 4 is 23.7 Å². The van der Waals surface area contributed by atoms with Crippen LogP contribution in [0, 0.1) is 0 Å². The zero-order chi connectivity index (χ0) is 5.98. The van der Waals surface area contributed by atoms with Gasteiger partial charge in [-0.3, -0.25) is 0 Å². The predicted molar refractivity (Wildman–Crippen MR) is 37.3 cm³/mol. The summed E-state index contributed by atoms with van der Waals surface area (Å²) in [6, 6.07) is 0. The molecular formula is C4H7ClN2S. The molecule has 1 aliphatic heterocycles. The Labute approximate surface area is 57.9 Å². The zero-order valence-corrected chi connectivity index (χ0v) is 5.82. The summed E-state index contributed by atoms with van der Waals surface area (Å²) in [5, 5.41) is 0.382. The van der Waals surface area contributed by atoms with E-state index in [0.717, 1.165) is 0 Å². The van der Waals surface area contributed by atoms with Crippen LogP contribution in [0.4, 0.5) is 0 Å². The van der Waals surface area contributed by atoms with E-state index < -0.39 is 0 Å². The first-order chi connectivity index (χ1) is 3.83. The normalized spacial score (nSPS) is 27.2. The van der Waals surface area contributed by atoms with Gasteiger partial charge in [-0.1, -0.05) is 6.08 Å². The van der Waals surface area contributed by atoms with E-state index in [9.17, 15) is 0 Å². The van der Waals surface area contributed by atoms with Gasteiger partial charge in [-0.05, 0) is 11.9 Å². The maximum Gasteiger partial charge on any atom is 0.0580 e. The van der Waals surface area contributed by atoms with Gasteiger partial charge in [0.05, 0.1) is 5.25 Å². The molecule has 0 saturated carbocycles. The van der Waals surface area contributed by atoms with Crippen LogP contribution in [0.5, 0.6) is 0 Å². The molecule has 8 heavy (non-hydrogen) atoms. The highest BCUT2D eigenvalue weighted by Crippen LogP contribution is 2.26. The molecule has 0 saturated heterocycles. The molecule has 0 amide bonds. The minimum Gasteiger partial charge on any atom is -0.329 e. The van der Waals surface area contributed by atoms with Gasteiger partial charge in [0, 0.05) is 24.5 Å². The fourth-order valence-electron chi connectivity index (χ4n) is 0.485. The Hall–Kier alpha value is 0.140. The molecule has 0 aliphatic carbocycles. The van der Waals surface area contributed by atoms with Crippen molar-refractivity contribution in [3.63, 3.8) is 0 Å². The van der Waals surface area contributed by atoms with Gasteiger partial charge in [0.1, 0.15) is 0 Å². The molecule has 2 nitrogen and oxygen atoms in total. The highest BCUT2D eigenvalue weighted by atomic mass is 35.5. The van der Waals surface area contributed by atoms with E-state index in [1.165, 1.54) is 15.8 Å². The van der Waals surface area contributed by atoms with Gasteiger partial charge in [0.2, 0.25) is 0 Å². The third kappa shape index (κ3) is 1.31. The second kappa shape index (κ2) is 2.62. The largest absolute Gasteiger partial charge is 0.329 e. The summed E-state index contributed by atoms with van der Waals surface area (Å²) in [5.74, 6) is 0. The van der Waals surface area contributed by atoms with Gasteiger partial charge in [0.25, 0.3) is 0 Å². The number of hydrogen-bond donors (Lipinski definition) is 1. The molecule has 4 heteroatoms. The van der Waals surface area contributed by atoms with Crippen LogP contribution in [-0.4, -0.2) is 15.6 Å². The predicted octanol–water partition coefficient (Wildman–Crippen LogP) is 0.945. The fourth-order valence-corrected chi connectivity index (χ4v) is 1.48. The van der Waals surface area contributed by atoms with E-state index >= 15 is 0 Å². The number of hydrogen-bond acceptors (Lipinski definition) is 3. The second-order valence-electron chi connectivity index (χ2n) is 1.49. The molecule has 0 spiro atoms. The van der Waals surface area contributed by atoms with Gasteiger partial charge in [-0.25, -0.2) is 3.82 Å². The van der Waals surface area contributed by atoms with Gasteiger partial charge >= 0.3 is 0 Å². The molecule has 0 aromatic rings. The zero-order valence-electron chi connectivity index (χ0n) is 4.25. The van der Waals surface area contributed by atoms with Crippen molar-refractivity contribution in [2.24, 2.45) is 5.73 Å². The van der Waals surface area contributed by atoms with Crippen LogP contribution in [-0.2, 0) is 0 Å². The Balaban J connectivity index is 2.34. The molecule has 0 aromatic heterocycles. The molecule has 0 bridgehead atoms. The standard InChI is InChI=1S/C4H7ClN2S/c5-7-2-1-4(3-6)8-7/h1-2,4H,3,6H2. The summed E-state index contributed by atoms with van der Waals surface area (Å²) in [6.45, 7) is 0.657. The maximum absolute atomic E-state index is 5.54. The van der Waals surface area contributed by atoms with E-state index in [2.05, 4.69) is 0 Å². The molecule has 0 fully saturated rings. The average Bonchev–Trinajstić information content (AvgIpc) is 2.14. The lowest BCUT2D eigenvalue weighted by molar-refractivity contribution is 1.02. The van der Waals surface area contributed by atoms with Crippen molar-refractivity contribution in [3.8, 4) is 0 Å². The quantitative estimate of drug-likeness (QED) is 0.446. The Bertz CT molecular complexity index is 106. The maximum atomic E-state index is 5.54. The second-order valence-corrected chi connectivity index (χ2v) is 3.27. The van der Waals surface area contributed by atoms with Crippen LogP contribution in [0.2, 0.25) is 0 Å². The van der Waals surface area contributed by atoms with Gasteiger partial charge in [-0.15, -0.1) is 0 Å². The van der Waals surface area contributed by atoms with Gasteiger partial charge in [0.15, 0.2) is 0 Å². The minimum atomic E-state index is 0.382. The van der Waals surface area contributed by atoms with Crippen molar-refractivity contribution in [2.45, 2.75) is 5.25 Å². The molecule has 46 valence electrons. The van der Waals surface area contributed by atoms with Crippen molar-refractivity contribution in [3.05, 3.63) is 12.3 Å². The van der Waals surface area contributed by atoms with E-state index in [1.54, 1.807) is 0 Å². The average molecular weight is 151 g/mol. The molecule has 1 rings (SSSR count). The number of nitrogens with zero attached hydrogens (tertiary/aromatic N) is 1. The molecular weight excluding hydrogens is 144 g/mol. The third-order valence-corrected chi connectivity index (χ3v) is 2.18. The molecule has 0 radical (unpaired) electrons. The topological polar surface area (TPSA) is 29.3 Å². The van der Waals surface area contributed by atoms with Crippen molar-refractivity contribution in [1.29, 1.82) is 0 Å². The van der Waals surface area contributed by atoms with E-state index in [1.807, 2.05) is 12.3 Å². The van der Waals surface area contributed by atoms with Crippen LogP contribution >= 0.6 is 23.7 Å². The lowest BCUT2D eigenvalue weighted by atomic mass is 10.4. The van der Waals surface area contributed by atoms with E-state index in [-0.39, 0.29) is 0 Å². The highest BCUT2D eigenvalue weighted by molar-refractivity contribution is 7.99. The summed E-state index contributed by atoms with van der Waals surface area (Å²) in [4.78, 5) is 0. The third-order valence-electron chi connectivity index (χ3n) is 0.886. The van der Waals surface area contributed by atoms with Crippen LogP contribution < -0.4 is 5.73 Å². The first kappa shape index (κ1) is 6.26. The van der Waals surface area contributed by atoms with Crippen molar-refractivity contribution in [1.82, 2.24) is 3.82 Å². The SMILES string of the molecule is NCC1C=CN(Cl)S1. The van der Waals surface area contributed by atoms with Crippen LogP contribution in [0.25, 0.3) is 0 Å². The lowest BCUT2D eigenvalue weighted by Gasteiger charge is -2.03. The molecule has 1 heterocycles. The van der Waals surface area contributed by atoms with Crippen LogP contribution in [0.1, 0.15) is 0 Å². The Morgan fingerprint density at radius 3 is 2.88 bits per heavy atom. The number of halogens is 1.